The smallest absolute Gasteiger partial charge is 0.412 e. The van der Waals surface area contributed by atoms with Crippen LogP contribution in [-0.4, -0.2) is 38.3 Å². The minimum atomic E-state index is -0.667. The molecule has 0 atom stereocenters. The Morgan fingerprint density at radius 3 is 2.46 bits per heavy atom. The van der Waals surface area contributed by atoms with Crippen LogP contribution in [0.3, 0.4) is 0 Å². The van der Waals surface area contributed by atoms with Crippen molar-refractivity contribution < 1.29 is 28.6 Å². The first kappa shape index (κ1) is 19.0. The Morgan fingerprint density at radius 2 is 1.88 bits per heavy atom. The molecular weight excluding hydrogens is 314 g/mol. The standard InChI is InChI=1S/C17H19NO6/c1-12(2)16(20)23-11-10-18-17(21)24-14-7-4-13(5-8-14)6-9-15(19)22-3/h4-9H,1,10-11H2,2-3H3,(H,18,21). The third kappa shape index (κ3) is 7.26. The van der Waals surface area contributed by atoms with Crippen LogP contribution in [0.4, 0.5) is 4.79 Å². The van der Waals surface area contributed by atoms with Crippen molar-refractivity contribution in [3.05, 3.63) is 48.1 Å². The number of nitrogens with one attached hydrogen (secondary N) is 1. The monoisotopic (exact) mass is 333 g/mol. The molecule has 0 radical (unpaired) electrons. The molecule has 128 valence electrons. The van der Waals surface area contributed by atoms with Crippen molar-refractivity contribution in [3.63, 3.8) is 0 Å². The molecule has 0 saturated carbocycles. The molecule has 0 saturated heterocycles. The van der Waals surface area contributed by atoms with Gasteiger partial charge in [-0.1, -0.05) is 18.7 Å². The van der Waals surface area contributed by atoms with Crippen molar-refractivity contribution in [1.82, 2.24) is 5.32 Å². The van der Waals surface area contributed by atoms with E-state index in [0.717, 1.165) is 5.56 Å². The summed E-state index contributed by atoms with van der Waals surface area (Å²) in [5, 5.41) is 2.44. The molecule has 0 spiro atoms. The highest BCUT2D eigenvalue weighted by atomic mass is 16.6. The quantitative estimate of drug-likeness (QED) is 0.467. The molecule has 1 N–H and O–H groups in total. The molecule has 0 aliphatic heterocycles. The van der Waals surface area contributed by atoms with Gasteiger partial charge in [-0.2, -0.15) is 0 Å². The van der Waals surface area contributed by atoms with Gasteiger partial charge in [-0.05, 0) is 30.7 Å². The topological polar surface area (TPSA) is 90.9 Å². The largest absolute Gasteiger partial charge is 0.466 e. The van der Waals surface area contributed by atoms with Gasteiger partial charge in [0, 0.05) is 11.6 Å². The molecule has 0 heterocycles. The summed E-state index contributed by atoms with van der Waals surface area (Å²) < 4.78 is 14.4. The Balaban J connectivity index is 2.37. The summed E-state index contributed by atoms with van der Waals surface area (Å²) in [5.41, 5.74) is 1.04. The van der Waals surface area contributed by atoms with Gasteiger partial charge in [0.1, 0.15) is 12.4 Å². The maximum atomic E-state index is 11.6. The number of rotatable bonds is 7. The minimum Gasteiger partial charge on any atom is -0.466 e. The van der Waals surface area contributed by atoms with E-state index in [4.69, 9.17) is 9.47 Å². The van der Waals surface area contributed by atoms with Crippen LogP contribution in [0, 0.1) is 0 Å². The average molecular weight is 333 g/mol. The lowest BCUT2D eigenvalue weighted by Gasteiger charge is -2.07. The normalized spacial score (nSPS) is 10.1. The molecule has 0 aliphatic carbocycles. The van der Waals surface area contributed by atoms with Crippen molar-refractivity contribution in [2.24, 2.45) is 0 Å². The second-order valence-electron chi connectivity index (χ2n) is 4.66. The Bertz CT molecular complexity index is 633. The second kappa shape index (κ2) is 9.83. The van der Waals surface area contributed by atoms with Crippen LogP contribution < -0.4 is 10.1 Å². The number of methoxy groups -OCH3 is 1. The number of hydrogen-bond donors (Lipinski definition) is 1. The van der Waals surface area contributed by atoms with Gasteiger partial charge in [0.15, 0.2) is 0 Å². The van der Waals surface area contributed by atoms with Crippen molar-refractivity contribution >= 4 is 24.1 Å². The first-order valence-corrected chi connectivity index (χ1v) is 7.06. The molecule has 7 heteroatoms. The molecular formula is C17H19NO6. The number of esters is 2. The van der Waals surface area contributed by atoms with E-state index in [1.807, 2.05) is 0 Å². The first-order chi connectivity index (χ1) is 11.4. The maximum absolute atomic E-state index is 11.6. The van der Waals surface area contributed by atoms with Gasteiger partial charge in [-0.15, -0.1) is 0 Å². The molecule has 0 unspecified atom stereocenters. The first-order valence-electron chi connectivity index (χ1n) is 7.06. The lowest BCUT2D eigenvalue weighted by atomic mass is 10.2. The highest BCUT2D eigenvalue weighted by Gasteiger charge is 2.06. The van der Waals surface area contributed by atoms with E-state index in [-0.39, 0.29) is 13.2 Å². The summed E-state index contributed by atoms with van der Waals surface area (Å²) in [6, 6.07) is 6.52. The van der Waals surface area contributed by atoms with Crippen LogP contribution in [0.15, 0.2) is 42.5 Å². The Hall–Kier alpha value is -3.09. The maximum Gasteiger partial charge on any atom is 0.412 e. The number of amides is 1. The van der Waals surface area contributed by atoms with Crippen molar-refractivity contribution in [3.8, 4) is 5.75 Å². The fourth-order valence-electron chi connectivity index (χ4n) is 1.44. The predicted molar refractivity (Wildman–Crippen MR) is 87.3 cm³/mol. The van der Waals surface area contributed by atoms with Crippen LogP contribution in [0.5, 0.6) is 5.75 Å². The number of ether oxygens (including phenoxy) is 3. The molecule has 1 aromatic carbocycles. The summed E-state index contributed by atoms with van der Waals surface area (Å²) >= 11 is 0. The fourth-order valence-corrected chi connectivity index (χ4v) is 1.44. The van der Waals surface area contributed by atoms with E-state index in [1.54, 1.807) is 30.3 Å². The van der Waals surface area contributed by atoms with Gasteiger partial charge < -0.3 is 19.5 Å². The Kier molecular flexibility index (Phi) is 7.77. The molecule has 0 aromatic heterocycles. The number of hydrogen-bond acceptors (Lipinski definition) is 6. The van der Waals surface area contributed by atoms with E-state index < -0.39 is 18.0 Å². The molecule has 0 fully saturated rings. The minimum absolute atomic E-state index is 0.0258. The van der Waals surface area contributed by atoms with Gasteiger partial charge in [0.05, 0.1) is 13.7 Å². The van der Waals surface area contributed by atoms with E-state index >= 15 is 0 Å². The van der Waals surface area contributed by atoms with Gasteiger partial charge in [-0.25, -0.2) is 14.4 Å². The number of benzene rings is 1. The Labute approximate surface area is 139 Å². The van der Waals surface area contributed by atoms with E-state index in [1.165, 1.54) is 20.1 Å². The highest BCUT2D eigenvalue weighted by molar-refractivity contribution is 5.87. The third-order valence-electron chi connectivity index (χ3n) is 2.66. The zero-order valence-corrected chi connectivity index (χ0v) is 13.5. The highest BCUT2D eigenvalue weighted by Crippen LogP contribution is 2.13. The van der Waals surface area contributed by atoms with Crippen molar-refractivity contribution in [2.75, 3.05) is 20.3 Å². The SMILES string of the molecule is C=C(C)C(=O)OCCNC(=O)Oc1ccc(C=CC(=O)OC)cc1. The van der Waals surface area contributed by atoms with Crippen LogP contribution in [0.1, 0.15) is 12.5 Å². The summed E-state index contributed by atoms with van der Waals surface area (Å²) in [7, 11) is 1.29. The summed E-state index contributed by atoms with van der Waals surface area (Å²) in [6.07, 6.45) is 2.19. The fraction of sp³-hybridized carbons (Fsp3) is 0.235. The predicted octanol–water partition coefficient (Wildman–Crippen LogP) is 2.08. The van der Waals surface area contributed by atoms with E-state index in [0.29, 0.717) is 11.3 Å². The number of carbonyl (C=O) groups excluding carboxylic acids is 3. The van der Waals surface area contributed by atoms with Crippen molar-refractivity contribution in [2.45, 2.75) is 6.92 Å². The third-order valence-corrected chi connectivity index (χ3v) is 2.66. The van der Waals surface area contributed by atoms with E-state index in [9.17, 15) is 14.4 Å². The van der Waals surface area contributed by atoms with Crippen molar-refractivity contribution in [1.29, 1.82) is 0 Å². The molecule has 1 aromatic rings. The van der Waals surface area contributed by atoms with Gasteiger partial charge in [-0.3, -0.25) is 0 Å². The Morgan fingerprint density at radius 1 is 1.21 bits per heavy atom. The van der Waals surface area contributed by atoms with Crippen LogP contribution >= 0.6 is 0 Å². The second-order valence-corrected chi connectivity index (χ2v) is 4.66. The molecule has 0 aliphatic rings. The zero-order valence-electron chi connectivity index (χ0n) is 13.5. The summed E-state index contributed by atoms with van der Waals surface area (Å²) in [6.45, 7) is 5.13. The summed E-state index contributed by atoms with van der Waals surface area (Å²) in [5.74, 6) is -0.635. The molecule has 1 amide bonds. The van der Waals surface area contributed by atoms with Gasteiger partial charge in [0.2, 0.25) is 0 Å². The molecule has 0 bridgehead atoms. The lowest BCUT2D eigenvalue weighted by Crippen LogP contribution is -2.30. The molecule has 7 nitrogen and oxygen atoms in total. The van der Waals surface area contributed by atoms with Crippen LogP contribution in [-0.2, 0) is 19.1 Å². The zero-order chi connectivity index (χ0) is 17.9. The lowest BCUT2D eigenvalue weighted by molar-refractivity contribution is -0.138. The molecule has 24 heavy (non-hydrogen) atoms. The van der Waals surface area contributed by atoms with Crippen LogP contribution in [0.25, 0.3) is 6.08 Å². The summed E-state index contributed by atoms with van der Waals surface area (Å²) in [4.78, 5) is 33.7. The average Bonchev–Trinajstić information content (AvgIpc) is 2.57. The van der Waals surface area contributed by atoms with Gasteiger partial charge >= 0.3 is 18.0 Å². The number of carbonyl (C=O) groups is 3. The van der Waals surface area contributed by atoms with Crippen LogP contribution in [0.2, 0.25) is 0 Å². The van der Waals surface area contributed by atoms with E-state index in [2.05, 4.69) is 16.6 Å². The molecule has 1 rings (SSSR count). The van der Waals surface area contributed by atoms with Gasteiger partial charge in [0.25, 0.3) is 0 Å².